The molecular formula is C23H20FN2O2S2+. The van der Waals surface area contributed by atoms with Crippen LogP contribution in [0.2, 0.25) is 0 Å². The van der Waals surface area contributed by atoms with Crippen molar-refractivity contribution in [2.24, 2.45) is 7.05 Å². The van der Waals surface area contributed by atoms with E-state index in [0.717, 1.165) is 27.3 Å². The molecule has 0 spiro atoms. The summed E-state index contributed by atoms with van der Waals surface area (Å²) in [7, 11) is -0.954. The zero-order chi connectivity index (χ0) is 21.3. The molecule has 4 nitrogen and oxygen atoms in total. The van der Waals surface area contributed by atoms with Gasteiger partial charge in [0.2, 0.25) is 14.4 Å². The van der Waals surface area contributed by atoms with Crippen LogP contribution in [-0.4, -0.2) is 8.42 Å². The summed E-state index contributed by atoms with van der Waals surface area (Å²) in [6.45, 7) is 1.91. The SMILES string of the molecule is Cc1ccc(S(=O)(=O)Sc2c[n+](C)c3ccccc3c2Nc2ccc(F)cc2)cc1. The van der Waals surface area contributed by atoms with Gasteiger partial charge >= 0.3 is 0 Å². The fourth-order valence-electron chi connectivity index (χ4n) is 3.18. The Morgan fingerprint density at radius 1 is 0.933 bits per heavy atom. The Balaban J connectivity index is 1.84. The van der Waals surface area contributed by atoms with Gasteiger partial charge in [0.15, 0.2) is 6.20 Å². The number of nitrogens with one attached hydrogen (secondary N) is 1. The molecule has 4 aromatic rings. The number of aromatic nitrogens is 1. The quantitative estimate of drug-likeness (QED) is 0.337. The van der Waals surface area contributed by atoms with E-state index in [-0.39, 0.29) is 10.7 Å². The molecule has 30 heavy (non-hydrogen) atoms. The standard InChI is InChI=1S/C23H19FN2O2S2/c1-16-7-13-19(14-8-16)30(27,28)29-22-15-26(2)21-6-4-3-5-20(21)23(22)25-18-11-9-17(24)10-12-18/h3-15H,1-2H3/p+1. The topological polar surface area (TPSA) is 50.1 Å². The van der Waals surface area contributed by atoms with Crippen LogP contribution in [-0.2, 0) is 15.9 Å². The van der Waals surface area contributed by atoms with Crippen molar-refractivity contribution in [2.45, 2.75) is 16.7 Å². The third kappa shape index (κ3) is 4.17. The first-order valence-corrected chi connectivity index (χ1v) is 12.1. The lowest BCUT2D eigenvalue weighted by atomic mass is 10.1. The molecule has 0 aliphatic rings. The van der Waals surface area contributed by atoms with Gasteiger partial charge in [-0.15, -0.1) is 0 Å². The smallest absolute Gasteiger partial charge is 0.234 e. The van der Waals surface area contributed by atoms with Crippen LogP contribution in [0.5, 0.6) is 0 Å². The molecule has 0 radical (unpaired) electrons. The number of pyridine rings is 1. The second-order valence-electron chi connectivity index (χ2n) is 6.98. The second-order valence-corrected chi connectivity index (χ2v) is 10.8. The molecule has 1 aromatic heterocycles. The van der Waals surface area contributed by atoms with Crippen molar-refractivity contribution >= 4 is 41.9 Å². The minimum Gasteiger partial charge on any atom is -0.354 e. The van der Waals surface area contributed by atoms with Gasteiger partial charge in [-0.25, -0.2) is 12.8 Å². The van der Waals surface area contributed by atoms with Crippen molar-refractivity contribution in [1.29, 1.82) is 0 Å². The summed E-state index contributed by atoms with van der Waals surface area (Å²) in [4.78, 5) is 0.808. The summed E-state index contributed by atoms with van der Waals surface area (Å²) in [6, 6.07) is 20.5. The normalized spacial score (nSPS) is 11.6. The monoisotopic (exact) mass is 439 g/mol. The Labute approximate surface area is 178 Å². The highest BCUT2D eigenvalue weighted by Crippen LogP contribution is 2.39. The molecule has 1 N–H and O–H groups in total. The number of nitrogens with zero attached hydrogens (tertiary/aromatic N) is 1. The number of anilines is 2. The predicted molar refractivity (Wildman–Crippen MR) is 119 cm³/mol. The van der Waals surface area contributed by atoms with Crippen molar-refractivity contribution in [3.05, 3.63) is 90.4 Å². The van der Waals surface area contributed by atoms with E-state index >= 15 is 0 Å². The number of aryl methyl sites for hydroxylation is 2. The minimum absolute atomic E-state index is 0.252. The predicted octanol–water partition coefficient (Wildman–Crippen LogP) is 5.34. The fourth-order valence-corrected chi connectivity index (χ4v) is 6.13. The van der Waals surface area contributed by atoms with E-state index in [1.807, 2.05) is 42.8 Å². The summed E-state index contributed by atoms with van der Waals surface area (Å²) < 4.78 is 41.4. The molecule has 7 heteroatoms. The van der Waals surface area contributed by atoms with Gasteiger partial charge in [0.25, 0.3) is 0 Å². The van der Waals surface area contributed by atoms with Gasteiger partial charge in [0, 0.05) is 22.5 Å². The molecular weight excluding hydrogens is 419 g/mol. The van der Waals surface area contributed by atoms with Gasteiger partial charge in [-0.05, 0) is 49.4 Å². The van der Waals surface area contributed by atoms with Crippen LogP contribution < -0.4 is 9.88 Å². The molecule has 1 heterocycles. The summed E-state index contributed by atoms with van der Waals surface area (Å²) in [5.41, 5.74) is 3.27. The van der Waals surface area contributed by atoms with Gasteiger partial charge in [-0.2, -0.15) is 4.57 Å². The summed E-state index contributed by atoms with van der Waals surface area (Å²) in [5.74, 6) is -0.332. The maximum absolute atomic E-state index is 13.3. The van der Waals surface area contributed by atoms with Crippen molar-refractivity contribution in [3.8, 4) is 0 Å². The maximum Gasteiger partial charge on any atom is 0.234 e. The van der Waals surface area contributed by atoms with Crippen molar-refractivity contribution in [2.75, 3.05) is 5.32 Å². The molecule has 0 fully saturated rings. The van der Waals surface area contributed by atoms with Crippen LogP contribution >= 0.6 is 10.8 Å². The van der Waals surface area contributed by atoms with E-state index in [1.165, 1.54) is 12.1 Å². The van der Waals surface area contributed by atoms with Crippen LogP contribution in [0, 0.1) is 12.7 Å². The van der Waals surface area contributed by atoms with E-state index in [4.69, 9.17) is 0 Å². The average molecular weight is 440 g/mol. The van der Waals surface area contributed by atoms with E-state index in [9.17, 15) is 12.8 Å². The van der Waals surface area contributed by atoms with Gasteiger partial charge in [-0.1, -0.05) is 29.8 Å². The fraction of sp³-hybridized carbons (Fsp3) is 0.0870. The molecule has 0 aliphatic carbocycles. The van der Waals surface area contributed by atoms with Crippen molar-refractivity contribution in [1.82, 2.24) is 0 Å². The van der Waals surface area contributed by atoms with Crippen molar-refractivity contribution < 1.29 is 17.4 Å². The van der Waals surface area contributed by atoms with Crippen molar-refractivity contribution in [3.63, 3.8) is 0 Å². The van der Waals surface area contributed by atoms with E-state index in [0.29, 0.717) is 16.3 Å². The molecule has 3 aromatic carbocycles. The summed E-state index contributed by atoms with van der Waals surface area (Å²) in [6.07, 6.45) is 1.80. The third-order valence-corrected chi connectivity index (χ3v) is 8.07. The maximum atomic E-state index is 13.3. The Hall–Kier alpha value is -2.90. The first kappa shape index (κ1) is 20.4. The lowest BCUT2D eigenvalue weighted by Gasteiger charge is -2.14. The zero-order valence-corrected chi connectivity index (χ0v) is 18.1. The number of hydrogen-bond acceptors (Lipinski definition) is 4. The number of para-hydroxylation sites is 1. The molecule has 152 valence electrons. The van der Waals surface area contributed by atoms with E-state index < -0.39 is 8.87 Å². The first-order valence-electron chi connectivity index (χ1n) is 9.29. The molecule has 0 amide bonds. The first-order chi connectivity index (χ1) is 14.3. The Morgan fingerprint density at radius 3 is 2.30 bits per heavy atom. The molecule has 0 saturated heterocycles. The Morgan fingerprint density at radius 2 is 1.60 bits per heavy atom. The lowest BCUT2D eigenvalue weighted by molar-refractivity contribution is -0.646. The highest BCUT2D eigenvalue weighted by Gasteiger charge is 2.24. The van der Waals surface area contributed by atoms with Crippen LogP contribution in [0.25, 0.3) is 10.9 Å². The summed E-state index contributed by atoms with van der Waals surface area (Å²) >= 11 is 0. The summed E-state index contributed by atoms with van der Waals surface area (Å²) in [5, 5.41) is 4.16. The van der Waals surface area contributed by atoms with E-state index in [2.05, 4.69) is 5.32 Å². The lowest BCUT2D eigenvalue weighted by Crippen LogP contribution is -2.29. The highest BCUT2D eigenvalue weighted by atomic mass is 33.1. The van der Waals surface area contributed by atoms with Gasteiger partial charge < -0.3 is 5.32 Å². The number of fused-ring (bicyclic) bond motifs is 1. The van der Waals surface area contributed by atoms with E-state index in [1.54, 1.807) is 42.6 Å². The van der Waals surface area contributed by atoms with Crippen LogP contribution in [0.15, 0.2) is 88.8 Å². The molecule has 4 rings (SSSR count). The minimum atomic E-state index is -3.63. The number of rotatable bonds is 5. The third-order valence-electron chi connectivity index (χ3n) is 4.73. The van der Waals surface area contributed by atoms with Crippen LogP contribution in [0.4, 0.5) is 15.8 Å². The highest BCUT2D eigenvalue weighted by molar-refractivity contribution is 8.72. The number of hydrogen-bond donors (Lipinski definition) is 1. The van der Waals surface area contributed by atoms with Gasteiger partial charge in [0.1, 0.15) is 17.8 Å². The molecule has 0 aliphatic heterocycles. The number of benzene rings is 3. The molecule has 0 unspecified atom stereocenters. The van der Waals surface area contributed by atoms with Gasteiger partial charge in [0.05, 0.1) is 16.0 Å². The van der Waals surface area contributed by atoms with Gasteiger partial charge in [-0.3, -0.25) is 0 Å². The molecule has 0 bridgehead atoms. The largest absolute Gasteiger partial charge is 0.354 e. The number of halogens is 1. The van der Waals surface area contributed by atoms with Crippen LogP contribution in [0.1, 0.15) is 5.56 Å². The molecule has 0 atom stereocenters. The Kier molecular flexibility index (Phi) is 5.49. The Bertz CT molecular complexity index is 1320. The average Bonchev–Trinajstić information content (AvgIpc) is 2.72. The van der Waals surface area contributed by atoms with Crippen LogP contribution in [0.3, 0.4) is 0 Å². The zero-order valence-electron chi connectivity index (χ0n) is 16.5. The second kappa shape index (κ2) is 8.08. The molecule has 0 saturated carbocycles.